The van der Waals surface area contributed by atoms with Gasteiger partial charge >= 0.3 is 0 Å². The molecule has 146 valence electrons. The standard InChI is InChI=1S/C21H25N5O2/c1-14-24-12-16(13-25-14)15-5-6-17-18(11-15)26(20(27)21(17,2)3)19(22)7-8-23-9-10-28-4/h5-8,11-13,22-23H,9-10H2,1-4H3/b8-7-,22-19?. The number of aromatic nitrogens is 2. The van der Waals surface area contributed by atoms with Gasteiger partial charge in [-0.05, 0) is 44.0 Å². The summed E-state index contributed by atoms with van der Waals surface area (Å²) in [6, 6.07) is 5.85. The number of nitrogens with zero attached hydrogens (tertiary/aromatic N) is 3. The minimum absolute atomic E-state index is 0.110. The van der Waals surface area contributed by atoms with Gasteiger partial charge < -0.3 is 10.1 Å². The van der Waals surface area contributed by atoms with Gasteiger partial charge in [-0.15, -0.1) is 0 Å². The predicted octanol–water partition coefficient (Wildman–Crippen LogP) is 2.80. The molecule has 7 nitrogen and oxygen atoms in total. The van der Waals surface area contributed by atoms with E-state index in [-0.39, 0.29) is 11.7 Å². The Kier molecular flexibility index (Phi) is 5.56. The minimum atomic E-state index is -0.693. The van der Waals surface area contributed by atoms with Gasteiger partial charge in [-0.1, -0.05) is 12.1 Å². The first kappa shape index (κ1) is 19.7. The average Bonchev–Trinajstić information content (AvgIpc) is 2.87. The summed E-state index contributed by atoms with van der Waals surface area (Å²) in [5.41, 5.74) is 2.71. The molecule has 1 aliphatic heterocycles. The molecule has 0 saturated heterocycles. The van der Waals surface area contributed by atoms with Crippen molar-refractivity contribution < 1.29 is 9.53 Å². The Labute approximate surface area is 165 Å². The number of hydrogen-bond acceptors (Lipinski definition) is 6. The average molecular weight is 379 g/mol. The molecule has 0 unspecified atom stereocenters. The Balaban J connectivity index is 1.93. The van der Waals surface area contributed by atoms with Crippen LogP contribution in [0.25, 0.3) is 11.1 Å². The molecule has 2 heterocycles. The molecule has 1 amide bonds. The van der Waals surface area contributed by atoms with Crippen molar-refractivity contribution in [3.8, 4) is 11.1 Å². The van der Waals surface area contributed by atoms with Gasteiger partial charge in [0, 0.05) is 37.8 Å². The summed E-state index contributed by atoms with van der Waals surface area (Å²) < 4.78 is 4.98. The van der Waals surface area contributed by atoms with Crippen molar-refractivity contribution in [3.05, 3.63) is 54.3 Å². The largest absolute Gasteiger partial charge is 0.388 e. The van der Waals surface area contributed by atoms with Crippen molar-refractivity contribution in [1.29, 1.82) is 5.41 Å². The second-order valence-electron chi connectivity index (χ2n) is 7.18. The van der Waals surface area contributed by atoms with Crippen molar-refractivity contribution in [1.82, 2.24) is 15.3 Å². The monoisotopic (exact) mass is 379 g/mol. The number of nitrogens with one attached hydrogen (secondary N) is 2. The summed E-state index contributed by atoms with van der Waals surface area (Å²) in [6.45, 7) is 6.81. The number of hydrogen-bond donors (Lipinski definition) is 2. The molecule has 0 saturated carbocycles. The Morgan fingerprint density at radius 3 is 2.68 bits per heavy atom. The zero-order valence-electron chi connectivity index (χ0n) is 16.6. The maximum absolute atomic E-state index is 13.0. The number of benzene rings is 1. The fraction of sp³-hybridized carbons (Fsp3) is 0.333. The number of methoxy groups -OCH3 is 1. The highest BCUT2D eigenvalue weighted by atomic mass is 16.5. The van der Waals surface area contributed by atoms with Crippen LogP contribution in [0.3, 0.4) is 0 Å². The van der Waals surface area contributed by atoms with Crippen molar-refractivity contribution in [2.75, 3.05) is 25.2 Å². The molecule has 28 heavy (non-hydrogen) atoms. The van der Waals surface area contributed by atoms with Crippen molar-refractivity contribution in [3.63, 3.8) is 0 Å². The fourth-order valence-corrected chi connectivity index (χ4v) is 3.17. The van der Waals surface area contributed by atoms with E-state index in [1.54, 1.807) is 31.8 Å². The van der Waals surface area contributed by atoms with Crippen molar-refractivity contribution >= 4 is 17.4 Å². The summed E-state index contributed by atoms with van der Waals surface area (Å²) >= 11 is 0. The van der Waals surface area contributed by atoms with Crippen LogP contribution in [0.2, 0.25) is 0 Å². The van der Waals surface area contributed by atoms with Crippen LogP contribution in [0.4, 0.5) is 5.69 Å². The predicted molar refractivity (Wildman–Crippen MR) is 109 cm³/mol. The molecule has 7 heteroatoms. The summed E-state index contributed by atoms with van der Waals surface area (Å²) in [5.74, 6) is 0.695. The minimum Gasteiger partial charge on any atom is -0.388 e. The van der Waals surface area contributed by atoms with E-state index in [4.69, 9.17) is 10.1 Å². The number of carbonyl (C=O) groups is 1. The van der Waals surface area contributed by atoms with E-state index in [1.807, 2.05) is 39.0 Å². The van der Waals surface area contributed by atoms with Gasteiger partial charge in [0.2, 0.25) is 5.91 Å². The highest BCUT2D eigenvalue weighted by molar-refractivity contribution is 6.26. The first-order chi connectivity index (χ1) is 13.4. The molecular weight excluding hydrogens is 354 g/mol. The molecular formula is C21H25N5O2. The first-order valence-electron chi connectivity index (χ1n) is 9.12. The van der Waals surface area contributed by atoms with Crippen LogP contribution in [-0.4, -0.2) is 42.0 Å². The number of ether oxygens (including phenoxy) is 1. The molecule has 1 aliphatic rings. The molecule has 0 aliphatic carbocycles. The second kappa shape index (κ2) is 7.90. The molecule has 0 spiro atoms. The number of fused-ring (bicyclic) bond motifs is 1. The Hall–Kier alpha value is -3.06. The SMILES string of the molecule is COCCN/C=C\C(=N)N1C(=O)C(C)(C)c2ccc(-c3cnc(C)nc3)cc21. The number of carbonyl (C=O) groups excluding carboxylic acids is 1. The van der Waals surface area contributed by atoms with Gasteiger partial charge in [-0.25, -0.2) is 9.97 Å². The lowest BCUT2D eigenvalue weighted by Crippen LogP contribution is -2.39. The summed E-state index contributed by atoms with van der Waals surface area (Å²) in [6.07, 6.45) is 6.78. The van der Waals surface area contributed by atoms with E-state index in [0.717, 1.165) is 22.4 Å². The Morgan fingerprint density at radius 2 is 2.00 bits per heavy atom. The van der Waals surface area contributed by atoms with Crippen LogP contribution < -0.4 is 10.2 Å². The van der Waals surface area contributed by atoms with Crippen LogP contribution >= 0.6 is 0 Å². The van der Waals surface area contributed by atoms with Crippen LogP contribution in [0, 0.1) is 12.3 Å². The van der Waals surface area contributed by atoms with Gasteiger partial charge in [0.15, 0.2) is 0 Å². The third-order valence-corrected chi connectivity index (χ3v) is 4.81. The number of anilines is 1. The van der Waals surface area contributed by atoms with E-state index in [9.17, 15) is 4.79 Å². The summed E-state index contributed by atoms with van der Waals surface area (Å²) in [4.78, 5) is 23.0. The molecule has 3 rings (SSSR count). The molecule has 0 radical (unpaired) electrons. The highest BCUT2D eigenvalue weighted by Crippen LogP contribution is 2.43. The summed E-state index contributed by atoms with van der Waals surface area (Å²) in [5, 5.41) is 11.5. The third-order valence-electron chi connectivity index (χ3n) is 4.81. The lowest BCUT2D eigenvalue weighted by atomic mass is 9.85. The van der Waals surface area contributed by atoms with E-state index in [2.05, 4.69) is 15.3 Å². The Bertz CT molecular complexity index is 919. The van der Waals surface area contributed by atoms with Gasteiger partial charge in [0.1, 0.15) is 11.7 Å². The normalized spacial score (nSPS) is 15.1. The van der Waals surface area contributed by atoms with E-state index >= 15 is 0 Å². The molecule has 1 aromatic carbocycles. The smallest absolute Gasteiger partial charge is 0.242 e. The molecule has 2 aromatic rings. The molecule has 0 fully saturated rings. The highest BCUT2D eigenvalue weighted by Gasteiger charge is 2.45. The zero-order chi connectivity index (χ0) is 20.3. The second-order valence-corrected chi connectivity index (χ2v) is 7.18. The Morgan fingerprint density at radius 1 is 1.29 bits per heavy atom. The van der Waals surface area contributed by atoms with E-state index in [1.165, 1.54) is 4.90 Å². The van der Waals surface area contributed by atoms with Crippen molar-refractivity contribution in [2.45, 2.75) is 26.2 Å². The van der Waals surface area contributed by atoms with Crippen LogP contribution in [-0.2, 0) is 14.9 Å². The number of amidine groups is 1. The lowest BCUT2D eigenvalue weighted by molar-refractivity contribution is -0.121. The van der Waals surface area contributed by atoms with Crippen LogP contribution in [0.15, 0.2) is 42.9 Å². The maximum atomic E-state index is 13.0. The van der Waals surface area contributed by atoms with E-state index < -0.39 is 5.41 Å². The fourth-order valence-electron chi connectivity index (χ4n) is 3.17. The molecule has 0 bridgehead atoms. The third kappa shape index (κ3) is 3.66. The van der Waals surface area contributed by atoms with Gasteiger partial charge in [-0.2, -0.15) is 0 Å². The lowest BCUT2D eigenvalue weighted by Gasteiger charge is -2.19. The van der Waals surface area contributed by atoms with Crippen LogP contribution in [0.5, 0.6) is 0 Å². The quantitative estimate of drug-likeness (QED) is 0.457. The van der Waals surface area contributed by atoms with Gasteiger partial charge in [-0.3, -0.25) is 15.1 Å². The van der Waals surface area contributed by atoms with Crippen LogP contribution in [0.1, 0.15) is 25.2 Å². The van der Waals surface area contributed by atoms with E-state index in [0.29, 0.717) is 19.0 Å². The van der Waals surface area contributed by atoms with Gasteiger partial charge in [0.05, 0.1) is 17.7 Å². The molecule has 0 atom stereocenters. The van der Waals surface area contributed by atoms with Gasteiger partial charge in [0.25, 0.3) is 0 Å². The molecule has 1 aromatic heterocycles. The first-order valence-corrected chi connectivity index (χ1v) is 9.12. The van der Waals surface area contributed by atoms with Crippen molar-refractivity contribution in [2.24, 2.45) is 0 Å². The number of aryl methyl sites for hydroxylation is 1. The number of amides is 1. The maximum Gasteiger partial charge on any atom is 0.242 e. The topological polar surface area (TPSA) is 91.2 Å². The summed E-state index contributed by atoms with van der Waals surface area (Å²) in [7, 11) is 1.63. The number of rotatable bonds is 6. The zero-order valence-corrected chi connectivity index (χ0v) is 16.6. The molecule has 2 N–H and O–H groups in total.